The number of aryl methyl sites for hydroxylation is 1. The Hall–Kier alpha value is -1.78. The summed E-state index contributed by atoms with van der Waals surface area (Å²) in [7, 11) is -2.89. The van der Waals surface area contributed by atoms with E-state index >= 15 is 0 Å². The van der Waals surface area contributed by atoms with Crippen LogP contribution < -0.4 is 0 Å². The minimum atomic E-state index is -2.89. The van der Waals surface area contributed by atoms with E-state index in [1.54, 1.807) is 0 Å². The summed E-state index contributed by atoms with van der Waals surface area (Å²) in [6, 6.07) is 9.73. The van der Waals surface area contributed by atoms with E-state index in [0.717, 1.165) is 18.4 Å². The number of unbranched alkanes of at least 4 members (excludes halogenated alkanes) is 1. The molecule has 1 rings (SSSR count). The molecule has 0 spiro atoms. The van der Waals surface area contributed by atoms with Gasteiger partial charge in [0.25, 0.3) is 0 Å². The lowest BCUT2D eigenvalue weighted by Gasteiger charge is -2.25. The van der Waals surface area contributed by atoms with Gasteiger partial charge in [-0.3, -0.25) is 9.59 Å². The summed E-state index contributed by atoms with van der Waals surface area (Å²) in [5, 5.41) is 18.3. The van der Waals surface area contributed by atoms with Crippen molar-refractivity contribution in [1.82, 2.24) is 0 Å². The van der Waals surface area contributed by atoms with E-state index in [1.807, 2.05) is 30.3 Å². The molecule has 0 aromatic heterocycles. The Morgan fingerprint density at radius 2 is 1.78 bits per heavy atom. The van der Waals surface area contributed by atoms with Crippen LogP contribution in [0.1, 0.15) is 38.2 Å². The summed E-state index contributed by atoms with van der Waals surface area (Å²) in [4.78, 5) is 31.8. The Bertz CT molecular complexity index is 559. The van der Waals surface area contributed by atoms with E-state index < -0.39 is 37.5 Å². The second-order valence-electron chi connectivity index (χ2n) is 5.83. The molecule has 0 aliphatic heterocycles. The lowest BCUT2D eigenvalue weighted by atomic mass is 9.79. The Morgan fingerprint density at radius 1 is 1.17 bits per heavy atom. The molecule has 0 fully saturated rings. The molecule has 0 aliphatic carbocycles. The molecule has 7 heteroatoms. The molecule has 0 amide bonds. The van der Waals surface area contributed by atoms with Gasteiger partial charge in [-0.1, -0.05) is 36.8 Å². The van der Waals surface area contributed by atoms with Crippen molar-refractivity contribution in [2.75, 3.05) is 0 Å². The normalized spacial score (nSPS) is 15.5. The van der Waals surface area contributed by atoms with E-state index in [0.29, 0.717) is 6.42 Å². The summed E-state index contributed by atoms with van der Waals surface area (Å²) in [6.07, 6.45) is 1.58. The third-order valence-electron chi connectivity index (χ3n) is 4.11. The fourth-order valence-electron chi connectivity index (χ4n) is 2.59. The summed E-state index contributed by atoms with van der Waals surface area (Å²) < 4.78 is 11.5. The van der Waals surface area contributed by atoms with Crippen LogP contribution in [0.2, 0.25) is 0 Å². The minimum Gasteiger partial charge on any atom is -0.481 e. The average Bonchev–Trinajstić information content (AvgIpc) is 2.49. The first-order valence-electron chi connectivity index (χ1n) is 7.41. The number of hydrogen-bond donors (Lipinski definition) is 3. The first-order valence-corrected chi connectivity index (χ1v) is 8.70. The zero-order valence-corrected chi connectivity index (χ0v) is 13.9. The molecule has 3 unspecified atom stereocenters. The van der Waals surface area contributed by atoms with Crippen molar-refractivity contribution < 1.29 is 29.3 Å². The molecule has 0 saturated heterocycles. The summed E-state index contributed by atoms with van der Waals surface area (Å²) in [6.45, 7) is 1.36. The molecule has 126 valence electrons. The summed E-state index contributed by atoms with van der Waals surface area (Å²) in [5.41, 5.74) is -1.69. The molecule has 0 bridgehead atoms. The van der Waals surface area contributed by atoms with Gasteiger partial charge in [0, 0.05) is 0 Å². The van der Waals surface area contributed by atoms with E-state index in [4.69, 9.17) is 5.11 Å². The van der Waals surface area contributed by atoms with Gasteiger partial charge in [-0.2, -0.15) is 4.89 Å². The highest BCUT2D eigenvalue weighted by Gasteiger charge is 2.53. The van der Waals surface area contributed by atoms with Crippen molar-refractivity contribution in [3.63, 3.8) is 0 Å². The number of hydrogen-bond acceptors (Lipinski definition) is 3. The second-order valence-corrected chi connectivity index (χ2v) is 7.06. The van der Waals surface area contributed by atoms with Crippen LogP contribution in [0, 0.1) is 5.41 Å². The van der Waals surface area contributed by atoms with Crippen LogP contribution in [-0.2, 0) is 20.6 Å². The van der Waals surface area contributed by atoms with Crippen LogP contribution >= 0.6 is 8.03 Å². The highest BCUT2D eigenvalue weighted by molar-refractivity contribution is 7.39. The molecule has 1 aromatic rings. The van der Waals surface area contributed by atoms with Gasteiger partial charge in [-0.15, -0.1) is 0 Å². The Kier molecular flexibility index (Phi) is 7.33. The maximum atomic E-state index is 11.6. The fourth-order valence-corrected chi connectivity index (χ4v) is 3.63. The lowest BCUT2D eigenvalue weighted by molar-refractivity contribution is -0.149. The predicted octanol–water partition coefficient (Wildman–Crippen LogP) is 3.07. The zero-order chi connectivity index (χ0) is 17.5. The van der Waals surface area contributed by atoms with Gasteiger partial charge in [0.2, 0.25) is 5.66 Å². The highest BCUT2D eigenvalue weighted by Crippen LogP contribution is 2.43. The molecular weight excluding hydrogens is 319 g/mol. The van der Waals surface area contributed by atoms with Crippen LogP contribution in [-0.4, -0.2) is 32.7 Å². The SMILES string of the molecule is CC(CCCCc1ccccc1)(C(=O)O)C(CC(=O)O)[P+](=O)O. The van der Waals surface area contributed by atoms with Crippen molar-refractivity contribution in [3.05, 3.63) is 35.9 Å². The Balaban J connectivity index is 2.70. The number of benzene rings is 1. The van der Waals surface area contributed by atoms with Crippen LogP contribution in [0.25, 0.3) is 0 Å². The van der Waals surface area contributed by atoms with Gasteiger partial charge >= 0.3 is 20.0 Å². The molecule has 6 nitrogen and oxygen atoms in total. The van der Waals surface area contributed by atoms with Crippen molar-refractivity contribution in [2.45, 2.75) is 44.7 Å². The second kappa shape index (κ2) is 8.75. The standard InChI is InChI=1S/C16H21O6P/c1-16(15(19)20,13(23(21)22)11-14(17)18)10-6-5-9-12-7-3-2-4-8-12/h2-4,7-8,13H,5-6,9-11H2,1H3,(H2-,17,18,19,20,21,22)/p+1. The first-order chi connectivity index (χ1) is 10.8. The van der Waals surface area contributed by atoms with Gasteiger partial charge < -0.3 is 10.2 Å². The average molecular weight is 341 g/mol. The van der Waals surface area contributed by atoms with Gasteiger partial charge in [-0.05, 0) is 36.3 Å². The van der Waals surface area contributed by atoms with Crippen LogP contribution in [0.3, 0.4) is 0 Å². The van der Waals surface area contributed by atoms with Crippen molar-refractivity contribution in [1.29, 1.82) is 0 Å². The van der Waals surface area contributed by atoms with E-state index in [2.05, 4.69) is 0 Å². The van der Waals surface area contributed by atoms with Crippen molar-refractivity contribution >= 4 is 20.0 Å². The Morgan fingerprint density at radius 3 is 2.26 bits per heavy atom. The molecule has 0 saturated carbocycles. The third-order valence-corrected chi connectivity index (χ3v) is 5.40. The van der Waals surface area contributed by atoms with Crippen LogP contribution in [0.5, 0.6) is 0 Å². The van der Waals surface area contributed by atoms with Gasteiger partial charge in [0.15, 0.2) is 0 Å². The molecule has 3 atom stereocenters. The van der Waals surface area contributed by atoms with Gasteiger partial charge in [0.1, 0.15) is 5.41 Å². The molecule has 3 N–H and O–H groups in total. The van der Waals surface area contributed by atoms with Crippen LogP contribution in [0.15, 0.2) is 30.3 Å². The molecule has 0 heterocycles. The summed E-state index contributed by atoms with van der Waals surface area (Å²) >= 11 is 0. The molecular formula is C16H22O6P+. The maximum absolute atomic E-state index is 11.6. The van der Waals surface area contributed by atoms with Gasteiger partial charge in [-0.25, -0.2) is 0 Å². The monoisotopic (exact) mass is 341 g/mol. The van der Waals surface area contributed by atoms with Crippen molar-refractivity contribution in [3.8, 4) is 0 Å². The van der Waals surface area contributed by atoms with E-state index in [9.17, 15) is 24.2 Å². The minimum absolute atomic E-state index is 0.161. The largest absolute Gasteiger partial charge is 0.510 e. The predicted molar refractivity (Wildman–Crippen MR) is 85.6 cm³/mol. The Labute approximate surface area is 136 Å². The number of carboxylic acids is 2. The number of carbonyl (C=O) groups is 2. The molecule has 0 aliphatic rings. The van der Waals surface area contributed by atoms with E-state index in [1.165, 1.54) is 6.92 Å². The number of rotatable bonds is 10. The maximum Gasteiger partial charge on any atom is 0.510 e. The third kappa shape index (κ3) is 5.73. The first kappa shape index (κ1) is 19.3. The molecule has 23 heavy (non-hydrogen) atoms. The highest BCUT2D eigenvalue weighted by atomic mass is 31.1. The fraction of sp³-hybridized carbons (Fsp3) is 0.500. The zero-order valence-electron chi connectivity index (χ0n) is 13.0. The smallest absolute Gasteiger partial charge is 0.481 e. The molecule has 1 aromatic carbocycles. The topological polar surface area (TPSA) is 112 Å². The van der Waals surface area contributed by atoms with Gasteiger partial charge in [0.05, 0.1) is 6.42 Å². The number of carboxylic acid groups (broad SMARTS) is 2. The molecule has 0 radical (unpaired) electrons. The van der Waals surface area contributed by atoms with E-state index in [-0.39, 0.29) is 6.42 Å². The quantitative estimate of drug-likeness (QED) is 0.445. The lowest BCUT2D eigenvalue weighted by Crippen LogP contribution is -2.39. The van der Waals surface area contributed by atoms with Crippen molar-refractivity contribution in [2.24, 2.45) is 5.41 Å². The van der Waals surface area contributed by atoms with Crippen LogP contribution in [0.4, 0.5) is 0 Å². The number of aliphatic carboxylic acids is 2. The summed E-state index contributed by atoms with van der Waals surface area (Å²) in [5.74, 6) is -2.51.